The molecule has 1 aromatic rings. The number of aliphatic hydroxyl groups is 1. The van der Waals surface area contributed by atoms with E-state index < -0.39 is 5.54 Å². The Hall–Kier alpha value is -2.73. The molecule has 0 saturated heterocycles. The molecule has 5 atom stereocenters. The number of ketones is 1. The maximum atomic E-state index is 14.5. The maximum Gasteiger partial charge on any atom is 0.245 e. The van der Waals surface area contributed by atoms with Crippen LogP contribution in [0.3, 0.4) is 0 Å². The fourth-order valence-electron chi connectivity index (χ4n) is 9.40. The average molecular weight is 731 g/mol. The van der Waals surface area contributed by atoms with Crippen molar-refractivity contribution in [2.75, 3.05) is 0 Å². The summed E-state index contributed by atoms with van der Waals surface area (Å²) in [5.41, 5.74) is 2.20. The molecule has 0 spiro atoms. The van der Waals surface area contributed by atoms with Gasteiger partial charge < -0.3 is 15.3 Å². The molecule has 6 heteroatoms. The number of aliphatic hydroxyl groups excluding tert-OH is 1. The van der Waals surface area contributed by atoms with E-state index in [4.69, 9.17) is 0 Å². The molecule has 0 aromatic heterocycles. The number of Topliss-reactive ketones (excluding diaryl/α,β-unsaturated/α-hetero) is 1. The lowest BCUT2D eigenvalue weighted by molar-refractivity contribution is -0.149. The van der Waals surface area contributed by atoms with Gasteiger partial charge in [-0.15, -0.1) is 0 Å². The van der Waals surface area contributed by atoms with Crippen molar-refractivity contribution in [3.63, 3.8) is 0 Å². The van der Waals surface area contributed by atoms with Crippen molar-refractivity contribution >= 4 is 17.6 Å². The Bertz CT molecular complexity index is 1360. The summed E-state index contributed by atoms with van der Waals surface area (Å²) in [5.74, 6) is 1.20. The number of nitrogens with one attached hydrogen (secondary N) is 1. The predicted octanol–water partition coefficient (Wildman–Crippen LogP) is 11.0. The highest BCUT2D eigenvalue weighted by Gasteiger charge is 2.64. The van der Waals surface area contributed by atoms with Gasteiger partial charge in [0, 0.05) is 25.4 Å². The number of hydrogen-bond donors (Lipinski definition) is 2. The molecule has 53 heavy (non-hydrogen) atoms. The van der Waals surface area contributed by atoms with Gasteiger partial charge in [0.05, 0.1) is 6.10 Å². The van der Waals surface area contributed by atoms with E-state index in [9.17, 15) is 19.5 Å². The fourth-order valence-corrected chi connectivity index (χ4v) is 9.40. The molecule has 0 heterocycles. The molecule has 3 aliphatic rings. The van der Waals surface area contributed by atoms with Crippen LogP contribution in [0, 0.1) is 17.3 Å². The largest absolute Gasteiger partial charge is 0.393 e. The topological polar surface area (TPSA) is 86.7 Å². The standard InChI is InChI=1S/C47H74N2O4/c1-6-7-8-21-28-39(50)29-22-13-11-9-10-12-14-23-30-44(52)49(35-37-24-17-15-18-25-37)47(5,45(53)48-38-26-19-16-20-27-38)32-31-41-42-33-40(36(2)3)43(51)34-46(41,42)4/h13,15,17-18,22,24-25,38-39,41-42,50H,6-12,14,16,19-21,23,26-35H2,1-5H3,(H,48,53)/b22-13-/t39-,41-,42-,46+,47?/m1/s1. The number of benzene rings is 1. The molecular formula is C47H74N2O4. The number of fused-ring (bicyclic) bond motifs is 1. The van der Waals surface area contributed by atoms with Gasteiger partial charge in [0.2, 0.25) is 11.8 Å². The summed E-state index contributed by atoms with van der Waals surface area (Å²) < 4.78 is 0. The van der Waals surface area contributed by atoms with E-state index in [-0.39, 0.29) is 29.4 Å². The van der Waals surface area contributed by atoms with Crippen LogP contribution >= 0.6 is 0 Å². The van der Waals surface area contributed by atoms with Crippen molar-refractivity contribution in [1.29, 1.82) is 0 Å². The normalized spacial score (nSPS) is 23.4. The molecule has 2 N–H and O–H groups in total. The van der Waals surface area contributed by atoms with Crippen LogP contribution < -0.4 is 5.32 Å². The number of unbranched alkanes of at least 4 members (excludes halogenated alkanes) is 8. The quantitative estimate of drug-likeness (QED) is 0.0667. The Morgan fingerprint density at radius 3 is 2.40 bits per heavy atom. The van der Waals surface area contributed by atoms with E-state index in [0.29, 0.717) is 43.4 Å². The third-order valence-electron chi connectivity index (χ3n) is 13.2. The van der Waals surface area contributed by atoms with Crippen LogP contribution in [0.1, 0.15) is 181 Å². The summed E-state index contributed by atoms with van der Waals surface area (Å²) >= 11 is 0. The van der Waals surface area contributed by atoms with E-state index in [1.165, 1.54) is 25.7 Å². The van der Waals surface area contributed by atoms with Gasteiger partial charge in [0.1, 0.15) is 5.54 Å². The van der Waals surface area contributed by atoms with Crippen molar-refractivity contribution in [3.05, 3.63) is 59.2 Å². The SMILES string of the molecule is CCCCCC[C@@H](O)C/C=C\CCCCCCCC(=O)N(Cc1ccccc1)C(C)(CC[C@@H]1[C@H]2CC(=C(C)C)C(=O)C[C@@]12C)C(=O)NC1CCCCC1. The number of amides is 2. The van der Waals surface area contributed by atoms with Gasteiger partial charge in [-0.3, -0.25) is 14.4 Å². The lowest BCUT2D eigenvalue weighted by Gasteiger charge is -2.42. The molecular weight excluding hydrogens is 657 g/mol. The third kappa shape index (κ3) is 12.7. The molecule has 4 rings (SSSR count). The van der Waals surface area contributed by atoms with Gasteiger partial charge >= 0.3 is 0 Å². The Kier molecular flexibility index (Phi) is 17.4. The number of allylic oxidation sites excluding steroid dienone is 3. The van der Waals surface area contributed by atoms with Crippen LogP contribution in [0.4, 0.5) is 0 Å². The van der Waals surface area contributed by atoms with Crippen molar-refractivity contribution < 1.29 is 19.5 Å². The molecule has 1 aromatic carbocycles. The minimum Gasteiger partial charge on any atom is -0.393 e. The molecule has 296 valence electrons. The molecule has 0 aliphatic heterocycles. The summed E-state index contributed by atoms with van der Waals surface area (Å²) in [4.78, 5) is 43.9. The average Bonchev–Trinajstić information content (AvgIpc) is 3.73. The summed E-state index contributed by atoms with van der Waals surface area (Å²) in [5, 5.41) is 13.6. The zero-order chi connectivity index (χ0) is 38.3. The second-order valence-corrected chi connectivity index (χ2v) is 17.6. The van der Waals surface area contributed by atoms with Gasteiger partial charge in [-0.1, -0.05) is 126 Å². The minimum atomic E-state index is -0.981. The van der Waals surface area contributed by atoms with Crippen LogP contribution in [0.5, 0.6) is 0 Å². The fraction of sp³-hybridized carbons (Fsp3) is 0.723. The van der Waals surface area contributed by atoms with Crippen molar-refractivity contribution in [1.82, 2.24) is 10.2 Å². The summed E-state index contributed by atoms with van der Waals surface area (Å²) in [6.07, 6.45) is 25.6. The van der Waals surface area contributed by atoms with Gasteiger partial charge in [-0.2, -0.15) is 0 Å². The lowest BCUT2D eigenvalue weighted by atomic mass is 9.83. The number of rotatable bonds is 23. The first-order valence-electron chi connectivity index (χ1n) is 21.7. The number of nitrogens with zero attached hydrogens (tertiary/aromatic N) is 1. The smallest absolute Gasteiger partial charge is 0.245 e. The van der Waals surface area contributed by atoms with Crippen LogP contribution in [-0.2, 0) is 20.9 Å². The van der Waals surface area contributed by atoms with Crippen molar-refractivity contribution in [3.8, 4) is 0 Å². The number of carbonyl (C=O) groups is 3. The monoisotopic (exact) mass is 731 g/mol. The van der Waals surface area contributed by atoms with E-state index in [1.54, 1.807) is 0 Å². The molecule has 3 aliphatic carbocycles. The van der Waals surface area contributed by atoms with Crippen LogP contribution in [0.25, 0.3) is 0 Å². The molecule has 1 unspecified atom stereocenters. The second kappa shape index (κ2) is 21.4. The van der Waals surface area contributed by atoms with E-state index in [1.807, 2.05) is 30.0 Å². The lowest BCUT2D eigenvalue weighted by Crippen LogP contribution is -2.60. The van der Waals surface area contributed by atoms with E-state index in [2.05, 4.69) is 57.3 Å². The van der Waals surface area contributed by atoms with Crippen LogP contribution in [0.15, 0.2) is 53.6 Å². The van der Waals surface area contributed by atoms with Crippen molar-refractivity contribution in [2.45, 2.75) is 200 Å². The maximum absolute atomic E-state index is 14.5. The minimum absolute atomic E-state index is 0.00398. The Labute approximate surface area is 323 Å². The van der Waals surface area contributed by atoms with Crippen LogP contribution in [0.2, 0.25) is 0 Å². The highest BCUT2D eigenvalue weighted by molar-refractivity contribution is 5.98. The van der Waals surface area contributed by atoms with Gasteiger partial charge in [0.15, 0.2) is 5.78 Å². The third-order valence-corrected chi connectivity index (χ3v) is 13.2. The van der Waals surface area contributed by atoms with Gasteiger partial charge in [-0.25, -0.2) is 0 Å². The first-order valence-corrected chi connectivity index (χ1v) is 21.7. The first-order chi connectivity index (χ1) is 25.5. The zero-order valence-electron chi connectivity index (χ0n) is 34.2. The Morgan fingerprint density at radius 2 is 1.68 bits per heavy atom. The first kappa shape index (κ1) is 43.0. The van der Waals surface area contributed by atoms with Gasteiger partial charge in [-0.05, 0) is 113 Å². The summed E-state index contributed by atoms with van der Waals surface area (Å²) in [6.45, 7) is 11.0. The number of carbonyl (C=O) groups excluding carboxylic acids is 3. The number of hydrogen-bond acceptors (Lipinski definition) is 4. The van der Waals surface area contributed by atoms with Crippen molar-refractivity contribution in [2.24, 2.45) is 17.3 Å². The summed E-state index contributed by atoms with van der Waals surface area (Å²) in [6, 6.07) is 10.3. The van der Waals surface area contributed by atoms with Gasteiger partial charge in [0.25, 0.3) is 0 Å². The van der Waals surface area contributed by atoms with Crippen LogP contribution in [-0.4, -0.2) is 45.3 Å². The molecule has 3 saturated carbocycles. The predicted molar refractivity (Wildman–Crippen MR) is 218 cm³/mol. The molecule has 0 radical (unpaired) electrons. The molecule has 2 amide bonds. The highest BCUT2D eigenvalue weighted by Crippen LogP contribution is 2.68. The molecule has 3 fully saturated rings. The van der Waals surface area contributed by atoms with E-state index >= 15 is 0 Å². The summed E-state index contributed by atoms with van der Waals surface area (Å²) in [7, 11) is 0. The molecule has 0 bridgehead atoms. The second-order valence-electron chi connectivity index (χ2n) is 17.6. The zero-order valence-corrected chi connectivity index (χ0v) is 34.2. The Morgan fingerprint density at radius 1 is 0.981 bits per heavy atom. The molecule has 6 nitrogen and oxygen atoms in total. The highest BCUT2D eigenvalue weighted by atomic mass is 16.3. The van der Waals surface area contributed by atoms with E-state index in [0.717, 1.165) is 113 Å². The Balaban J connectivity index is 1.36.